The molecule has 1 amide bonds. The first-order valence-electron chi connectivity index (χ1n) is 5.13. The Morgan fingerprint density at radius 2 is 1.93 bits per heavy atom. The minimum absolute atomic E-state index is 0.435. The molecule has 0 aliphatic carbocycles. The second-order valence-corrected chi connectivity index (χ2v) is 3.83. The van der Waals surface area contributed by atoms with Gasteiger partial charge in [0, 0.05) is 18.7 Å². The van der Waals surface area contributed by atoms with Crippen LogP contribution in [-0.4, -0.2) is 19.0 Å². The van der Waals surface area contributed by atoms with Gasteiger partial charge in [0.2, 0.25) is 5.91 Å². The fraction of sp³-hybridized carbons (Fsp3) is 0.364. The Balaban J connectivity index is 2.29. The van der Waals surface area contributed by atoms with E-state index in [4.69, 9.17) is 11.5 Å². The second kappa shape index (κ2) is 3.81. The Kier molecular flexibility index (Phi) is 2.49. The number of nitrogen functional groups attached to an aromatic ring is 1. The third kappa shape index (κ3) is 1.88. The first-order chi connectivity index (χ1) is 7.18. The average molecular weight is 205 g/mol. The van der Waals surface area contributed by atoms with Crippen molar-refractivity contribution < 1.29 is 4.79 Å². The molecule has 0 spiro atoms. The lowest BCUT2D eigenvalue weighted by Gasteiger charge is -2.19. The zero-order chi connectivity index (χ0) is 10.8. The Morgan fingerprint density at radius 3 is 2.47 bits per heavy atom. The van der Waals surface area contributed by atoms with Gasteiger partial charge in [0.1, 0.15) is 0 Å². The molecule has 4 N–H and O–H groups in total. The van der Waals surface area contributed by atoms with E-state index in [2.05, 4.69) is 4.90 Å². The van der Waals surface area contributed by atoms with Crippen molar-refractivity contribution in [1.82, 2.24) is 0 Å². The van der Waals surface area contributed by atoms with E-state index in [9.17, 15) is 4.79 Å². The molecule has 0 unspecified atom stereocenters. The van der Waals surface area contributed by atoms with Crippen molar-refractivity contribution in [3.05, 3.63) is 23.8 Å². The third-order valence-corrected chi connectivity index (χ3v) is 2.76. The highest BCUT2D eigenvalue weighted by Gasteiger charge is 2.15. The third-order valence-electron chi connectivity index (χ3n) is 2.76. The summed E-state index contributed by atoms with van der Waals surface area (Å²) in [4.78, 5) is 13.2. The zero-order valence-electron chi connectivity index (χ0n) is 8.57. The Hall–Kier alpha value is -1.71. The molecule has 1 aliphatic rings. The van der Waals surface area contributed by atoms with Crippen LogP contribution in [0.15, 0.2) is 18.2 Å². The fourth-order valence-electron chi connectivity index (χ4n) is 1.95. The molecule has 1 heterocycles. The molecule has 1 saturated heterocycles. The van der Waals surface area contributed by atoms with E-state index in [-0.39, 0.29) is 0 Å². The molecule has 1 aromatic carbocycles. The summed E-state index contributed by atoms with van der Waals surface area (Å²) in [5.74, 6) is -0.435. The van der Waals surface area contributed by atoms with Gasteiger partial charge in [0.25, 0.3) is 0 Å². The van der Waals surface area contributed by atoms with Crippen molar-refractivity contribution in [3.8, 4) is 0 Å². The lowest BCUT2D eigenvalue weighted by molar-refractivity contribution is 0.100. The standard InChI is InChI=1S/C11H15N3O/c12-9-7-8(11(13)15)3-4-10(9)14-5-1-2-6-14/h3-4,7H,1-2,5-6,12H2,(H2,13,15). The molecule has 1 fully saturated rings. The van der Waals surface area contributed by atoms with E-state index >= 15 is 0 Å². The molecule has 0 saturated carbocycles. The number of carbonyl (C=O) groups excluding carboxylic acids is 1. The van der Waals surface area contributed by atoms with Crippen LogP contribution < -0.4 is 16.4 Å². The molecule has 4 heteroatoms. The van der Waals surface area contributed by atoms with Crippen molar-refractivity contribution in [1.29, 1.82) is 0 Å². The predicted molar refractivity (Wildman–Crippen MR) is 60.8 cm³/mol. The number of primary amides is 1. The van der Waals surface area contributed by atoms with Crippen LogP contribution in [0, 0.1) is 0 Å². The second-order valence-electron chi connectivity index (χ2n) is 3.83. The van der Waals surface area contributed by atoms with Crippen molar-refractivity contribution in [2.24, 2.45) is 5.73 Å². The van der Waals surface area contributed by atoms with Crippen molar-refractivity contribution in [2.75, 3.05) is 23.7 Å². The largest absolute Gasteiger partial charge is 0.397 e. The van der Waals surface area contributed by atoms with E-state index in [1.165, 1.54) is 12.8 Å². The highest BCUT2D eigenvalue weighted by molar-refractivity contribution is 5.94. The number of hydrogen-bond acceptors (Lipinski definition) is 3. The minimum Gasteiger partial charge on any atom is -0.397 e. The molecule has 0 aromatic heterocycles. The maximum Gasteiger partial charge on any atom is 0.248 e. The van der Waals surface area contributed by atoms with Crippen molar-refractivity contribution in [2.45, 2.75) is 12.8 Å². The number of amides is 1. The number of nitrogens with two attached hydrogens (primary N) is 2. The maximum atomic E-state index is 10.9. The predicted octanol–water partition coefficient (Wildman–Crippen LogP) is 0.968. The van der Waals surface area contributed by atoms with Gasteiger partial charge in [0.15, 0.2) is 0 Å². The summed E-state index contributed by atoms with van der Waals surface area (Å²) < 4.78 is 0. The van der Waals surface area contributed by atoms with Gasteiger partial charge in [0.05, 0.1) is 11.4 Å². The summed E-state index contributed by atoms with van der Waals surface area (Å²) in [6.07, 6.45) is 2.41. The summed E-state index contributed by atoms with van der Waals surface area (Å²) in [7, 11) is 0. The maximum absolute atomic E-state index is 10.9. The van der Waals surface area contributed by atoms with Gasteiger partial charge in [-0.25, -0.2) is 0 Å². The number of anilines is 2. The fourth-order valence-corrected chi connectivity index (χ4v) is 1.95. The van der Waals surface area contributed by atoms with Gasteiger partial charge in [-0.2, -0.15) is 0 Å². The Bertz CT molecular complexity index is 383. The Morgan fingerprint density at radius 1 is 1.27 bits per heavy atom. The van der Waals surface area contributed by atoms with Crippen LogP contribution in [0.5, 0.6) is 0 Å². The summed E-state index contributed by atoms with van der Waals surface area (Å²) in [5, 5.41) is 0. The SMILES string of the molecule is NC(=O)c1ccc(N2CCCC2)c(N)c1. The molecular formula is C11H15N3O. The number of carbonyl (C=O) groups is 1. The van der Waals surface area contributed by atoms with Gasteiger partial charge in [-0.05, 0) is 31.0 Å². The van der Waals surface area contributed by atoms with Crippen LogP contribution in [0.25, 0.3) is 0 Å². The highest BCUT2D eigenvalue weighted by Crippen LogP contribution is 2.27. The molecule has 4 nitrogen and oxygen atoms in total. The van der Waals surface area contributed by atoms with Crippen LogP contribution >= 0.6 is 0 Å². The molecule has 2 rings (SSSR count). The van der Waals surface area contributed by atoms with Gasteiger partial charge in [-0.3, -0.25) is 4.79 Å². The first-order valence-corrected chi connectivity index (χ1v) is 5.13. The highest BCUT2D eigenvalue weighted by atomic mass is 16.1. The monoisotopic (exact) mass is 205 g/mol. The van der Waals surface area contributed by atoms with Crippen LogP contribution in [0.3, 0.4) is 0 Å². The normalized spacial score (nSPS) is 15.6. The summed E-state index contributed by atoms with van der Waals surface area (Å²) in [6.45, 7) is 2.08. The van der Waals surface area contributed by atoms with Crippen molar-refractivity contribution in [3.63, 3.8) is 0 Å². The number of hydrogen-bond donors (Lipinski definition) is 2. The molecule has 1 aliphatic heterocycles. The Labute approximate surface area is 88.9 Å². The number of nitrogens with zero attached hydrogens (tertiary/aromatic N) is 1. The van der Waals surface area contributed by atoms with Crippen LogP contribution in [-0.2, 0) is 0 Å². The van der Waals surface area contributed by atoms with E-state index in [0.29, 0.717) is 11.3 Å². The van der Waals surface area contributed by atoms with Gasteiger partial charge < -0.3 is 16.4 Å². The van der Waals surface area contributed by atoms with Crippen LogP contribution in [0.4, 0.5) is 11.4 Å². The van der Waals surface area contributed by atoms with Crippen LogP contribution in [0.2, 0.25) is 0 Å². The molecule has 80 valence electrons. The van der Waals surface area contributed by atoms with Gasteiger partial charge in [-0.15, -0.1) is 0 Å². The first kappa shape index (κ1) is 9.83. The minimum atomic E-state index is -0.435. The summed E-state index contributed by atoms with van der Waals surface area (Å²) >= 11 is 0. The van der Waals surface area contributed by atoms with Gasteiger partial charge in [-0.1, -0.05) is 0 Å². The molecule has 0 bridgehead atoms. The zero-order valence-corrected chi connectivity index (χ0v) is 8.57. The van der Waals surface area contributed by atoms with Crippen molar-refractivity contribution >= 4 is 17.3 Å². The summed E-state index contributed by atoms with van der Waals surface area (Å²) in [6, 6.07) is 5.25. The van der Waals surface area contributed by atoms with E-state index in [1.54, 1.807) is 12.1 Å². The average Bonchev–Trinajstić information content (AvgIpc) is 2.70. The lowest BCUT2D eigenvalue weighted by atomic mass is 10.1. The molecule has 0 radical (unpaired) electrons. The molecular weight excluding hydrogens is 190 g/mol. The van der Waals surface area contributed by atoms with Crippen LogP contribution in [0.1, 0.15) is 23.2 Å². The summed E-state index contributed by atoms with van der Waals surface area (Å²) in [5.41, 5.74) is 13.2. The number of benzene rings is 1. The van der Waals surface area contributed by atoms with E-state index in [0.717, 1.165) is 18.8 Å². The molecule has 0 atom stereocenters. The topological polar surface area (TPSA) is 72.4 Å². The quantitative estimate of drug-likeness (QED) is 0.706. The number of rotatable bonds is 2. The van der Waals surface area contributed by atoms with E-state index in [1.807, 2.05) is 6.07 Å². The smallest absolute Gasteiger partial charge is 0.248 e. The van der Waals surface area contributed by atoms with E-state index < -0.39 is 5.91 Å². The molecule has 15 heavy (non-hydrogen) atoms. The van der Waals surface area contributed by atoms with Gasteiger partial charge >= 0.3 is 0 Å². The molecule has 1 aromatic rings. The lowest BCUT2D eigenvalue weighted by Crippen LogP contribution is -2.19.